The molecule has 7 nitrogen and oxygen atoms in total. The third-order valence-electron chi connectivity index (χ3n) is 2.51. The van der Waals surface area contributed by atoms with Crippen LogP contribution < -0.4 is 10.6 Å². The molecule has 1 aromatic heterocycles. The fourth-order valence-corrected chi connectivity index (χ4v) is 1.54. The molecule has 1 aromatic rings. The van der Waals surface area contributed by atoms with Crippen molar-refractivity contribution in [2.45, 2.75) is 13.0 Å². The van der Waals surface area contributed by atoms with Crippen molar-refractivity contribution in [2.75, 3.05) is 58.3 Å². The molecular formula is C13H24N4O3. The van der Waals surface area contributed by atoms with Crippen molar-refractivity contribution in [1.29, 1.82) is 0 Å². The summed E-state index contributed by atoms with van der Waals surface area (Å²) in [5.41, 5.74) is 0. The van der Waals surface area contributed by atoms with Crippen molar-refractivity contribution in [3.63, 3.8) is 0 Å². The van der Waals surface area contributed by atoms with Crippen molar-refractivity contribution in [1.82, 2.24) is 9.97 Å². The first kappa shape index (κ1) is 16.6. The first-order valence-corrected chi connectivity index (χ1v) is 6.65. The third-order valence-corrected chi connectivity index (χ3v) is 2.51. The molecule has 0 unspecified atom stereocenters. The second-order valence-corrected chi connectivity index (χ2v) is 4.12. The average Bonchev–Trinajstić information content (AvgIpc) is 2.46. The zero-order valence-corrected chi connectivity index (χ0v) is 12.4. The maximum absolute atomic E-state index is 5.39. The summed E-state index contributed by atoms with van der Waals surface area (Å²) in [5, 5.41) is 6.26. The summed E-state index contributed by atoms with van der Waals surface area (Å²) in [7, 11) is 5.11. The SMILES string of the molecule is CNc1cc(NCCCOCCOC)nc(COC)n1. The van der Waals surface area contributed by atoms with Crippen molar-refractivity contribution >= 4 is 11.6 Å². The molecule has 0 amide bonds. The Hall–Kier alpha value is -1.44. The van der Waals surface area contributed by atoms with Gasteiger partial charge in [0.2, 0.25) is 0 Å². The number of rotatable bonds is 11. The summed E-state index contributed by atoms with van der Waals surface area (Å²) >= 11 is 0. The minimum Gasteiger partial charge on any atom is -0.382 e. The molecule has 0 fully saturated rings. The van der Waals surface area contributed by atoms with E-state index in [0.29, 0.717) is 32.3 Å². The van der Waals surface area contributed by atoms with Gasteiger partial charge in [-0.05, 0) is 6.42 Å². The molecule has 0 aromatic carbocycles. The van der Waals surface area contributed by atoms with Crippen LogP contribution in [0.2, 0.25) is 0 Å². The Kier molecular flexibility index (Phi) is 8.61. The summed E-state index contributed by atoms with van der Waals surface area (Å²) in [6.45, 7) is 3.15. The third kappa shape index (κ3) is 6.65. The summed E-state index contributed by atoms with van der Waals surface area (Å²) in [6.07, 6.45) is 0.905. The lowest BCUT2D eigenvalue weighted by Gasteiger charge is -2.09. The van der Waals surface area contributed by atoms with Gasteiger partial charge in [0.05, 0.1) is 13.2 Å². The molecule has 0 spiro atoms. The number of aromatic nitrogens is 2. The Morgan fingerprint density at radius 2 is 1.85 bits per heavy atom. The fraction of sp³-hybridized carbons (Fsp3) is 0.692. The largest absolute Gasteiger partial charge is 0.382 e. The Balaban J connectivity index is 2.33. The fourth-order valence-electron chi connectivity index (χ4n) is 1.54. The van der Waals surface area contributed by atoms with Crippen LogP contribution >= 0.6 is 0 Å². The molecule has 0 aliphatic carbocycles. The molecule has 0 atom stereocenters. The highest BCUT2D eigenvalue weighted by molar-refractivity contribution is 5.47. The van der Waals surface area contributed by atoms with Crippen molar-refractivity contribution in [3.05, 3.63) is 11.9 Å². The van der Waals surface area contributed by atoms with Crippen LogP contribution in [0.4, 0.5) is 11.6 Å². The van der Waals surface area contributed by atoms with E-state index < -0.39 is 0 Å². The Labute approximate surface area is 120 Å². The number of hydrogen-bond acceptors (Lipinski definition) is 7. The summed E-state index contributed by atoms with van der Waals surface area (Å²) < 4.78 is 15.3. The van der Waals surface area contributed by atoms with Crippen LogP contribution in [0.25, 0.3) is 0 Å². The monoisotopic (exact) mass is 284 g/mol. The van der Waals surface area contributed by atoms with Crippen LogP contribution in [-0.4, -0.2) is 57.6 Å². The van der Waals surface area contributed by atoms with Gasteiger partial charge in [-0.3, -0.25) is 0 Å². The highest BCUT2D eigenvalue weighted by Crippen LogP contribution is 2.11. The Morgan fingerprint density at radius 3 is 2.55 bits per heavy atom. The van der Waals surface area contributed by atoms with Gasteiger partial charge in [0, 0.05) is 40.5 Å². The van der Waals surface area contributed by atoms with E-state index in [0.717, 1.165) is 24.6 Å². The maximum Gasteiger partial charge on any atom is 0.158 e. The molecular weight excluding hydrogens is 260 g/mol. The second kappa shape index (κ2) is 10.4. The number of nitrogens with one attached hydrogen (secondary N) is 2. The molecule has 0 radical (unpaired) electrons. The lowest BCUT2D eigenvalue weighted by Crippen LogP contribution is -2.11. The van der Waals surface area contributed by atoms with E-state index in [9.17, 15) is 0 Å². The van der Waals surface area contributed by atoms with Gasteiger partial charge < -0.3 is 24.8 Å². The molecule has 1 rings (SSSR count). The highest BCUT2D eigenvalue weighted by Gasteiger charge is 2.03. The zero-order valence-electron chi connectivity index (χ0n) is 12.4. The van der Waals surface area contributed by atoms with Gasteiger partial charge in [-0.1, -0.05) is 0 Å². The minimum atomic E-state index is 0.393. The average molecular weight is 284 g/mol. The topological polar surface area (TPSA) is 77.5 Å². The van der Waals surface area contributed by atoms with E-state index in [4.69, 9.17) is 14.2 Å². The predicted molar refractivity (Wildman–Crippen MR) is 78.1 cm³/mol. The molecule has 7 heteroatoms. The summed E-state index contributed by atoms with van der Waals surface area (Å²) in [6, 6.07) is 1.87. The van der Waals surface area contributed by atoms with Crippen LogP contribution in [0.5, 0.6) is 0 Å². The van der Waals surface area contributed by atoms with E-state index in [1.165, 1.54) is 0 Å². The normalized spacial score (nSPS) is 10.6. The minimum absolute atomic E-state index is 0.393. The quantitative estimate of drug-likeness (QED) is 0.590. The van der Waals surface area contributed by atoms with E-state index in [-0.39, 0.29) is 0 Å². The first-order valence-electron chi connectivity index (χ1n) is 6.65. The number of hydrogen-bond donors (Lipinski definition) is 2. The molecule has 0 aliphatic rings. The van der Waals surface area contributed by atoms with Crippen LogP contribution in [0.1, 0.15) is 12.2 Å². The summed E-state index contributed by atoms with van der Waals surface area (Å²) in [5.74, 6) is 2.21. The van der Waals surface area contributed by atoms with Crippen LogP contribution in [0.3, 0.4) is 0 Å². The van der Waals surface area contributed by atoms with Gasteiger partial charge in [0.15, 0.2) is 5.82 Å². The van der Waals surface area contributed by atoms with E-state index in [1.54, 1.807) is 14.2 Å². The molecule has 0 saturated carbocycles. The Bertz CT molecular complexity index is 377. The molecule has 1 heterocycles. The number of anilines is 2. The maximum atomic E-state index is 5.39. The van der Waals surface area contributed by atoms with Gasteiger partial charge in [-0.15, -0.1) is 0 Å². The Morgan fingerprint density at radius 1 is 1.05 bits per heavy atom. The number of methoxy groups -OCH3 is 2. The second-order valence-electron chi connectivity index (χ2n) is 4.12. The molecule has 20 heavy (non-hydrogen) atoms. The van der Waals surface area contributed by atoms with Crippen LogP contribution in [-0.2, 0) is 20.8 Å². The van der Waals surface area contributed by atoms with Gasteiger partial charge in [0.25, 0.3) is 0 Å². The smallest absolute Gasteiger partial charge is 0.158 e. The lowest BCUT2D eigenvalue weighted by atomic mass is 10.4. The predicted octanol–water partition coefficient (Wildman–Crippen LogP) is 1.13. The zero-order chi connectivity index (χ0) is 14.6. The lowest BCUT2D eigenvalue weighted by molar-refractivity contribution is 0.0705. The van der Waals surface area contributed by atoms with Gasteiger partial charge in [-0.2, -0.15) is 0 Å². The summed E-state index contributed by atoms with van der Waals surface area (Å²) in [4.78, 5) is 8.66. The molecule has 0 aliphatic heterocycles. The molecule has 0 saturated heterocycles. The standard InChI is InChI=1S/C13H24N4O3/c1-14-11-9-12(17-13(16-11)10-19-3)15-5-4-6-20-8-7-18-2/h9H,4-8,10H2,1-3H3,(H2,14,15,16,17). The molecule has 114 valence electrons. The van der Waals surface area contributed by atoms with Crippen molar-refractivity contribution in [3.8, 4) is 0 Å². The van der Waals surface area contributed by atoms with E-state index >= 15 is 0 Å². The van der Waals surface area contributed by atoms with Gasteiger partial charge >= 0.3 is 0 Å². The van der Waals surface area contributed by atoms with E-state index in [1.807, 2.05) is 13.1 Å². The van der Waals surface area contributed by atoms with Crippen molar-refractivity contribution in [2.24, 2.45) is 0 Å². The van der Waals surface area contributed by atoms with Gasteiger partial charge in [0.1, 0.15) is 18.2 Å². The number of nitrogens with zero attached hydrogens (tertiary/aromatic N) is 2. The van der Waals surface area contributed by atoms with Crippen LogP contribution in [0, 0.1) is 0 Å². The van der Waals surface area contributed by atoms with E-state index in [2.05, 4.69) is 20.6 Å². The van der Waals surface area contributed by atoms with Gasteiger partial charge in [-0.25, -0.2) is 9.97 Å². The first-order chi connectivity index (χ1) is 9.80. The molecule has 2 N–H and O–H groups in total. The molecule has 0 bridgehead atoms. The highest BCUT2D eigenvalue weighted by atomic mass is 16.5. The van der Waals surface area contributed by atoms with Crippen LogP contribution in [0.15, 0.2) is 6.07 Å². The van der Waals surface area contributed by atoms with Crippen molar-refractivity contribution < 1.29 is 14.2 Å². The number of ether oxygens (including phenoxy) is 3.